The van der Waals surface area contributed by atoms with Gasteiger partial charge in [0.15, 0.2) is 6.61 Å². The third-order valence-corrected chi connectivity index (χ3v) is 8.03. The molecule has 0 spiro atoms. The standard InChI is InChI=1S/C23H25FN2O5S2/c1-16-13-21(17(2)26(16)11-10-19-5-4-12-32-19)22(27)15-31-23(28)14-25(3)33(29,30)20-8-6-18(24)7-9-20/h4-9,12-13H,10-11,14-15H2,1-3H3. The lowest BCUT2D eigenvalue weighted by Gasteiger charge is -2.16. The van der Waals surface area contributed by atoms with Crippen LogP contribution in [0.15, 0.2) is 52.7 Å². The topological polar surface area (TPSA) is 85.7 Å². The molecule has 0 saturated heterocycles. The number of aryl methyl sites for hydroxylation is 2. The second kappa shape index (κ2) is 10.4. The Bertz CT molecular complexity index is 1230. The first-order valence-corrected chi connectivity index (χ1v) is 12.5. The van der Waals surface area contributed by atoms with Gasteiger partial charge in [0.1, 0.15) is 12.4 Å². The fraction of sp³-hybridized carbons (Fsp3) is 0.304. The average Bonchev–Trinajstić information content (AvgIpc) is 3.38. The van der Waals surface area contributed by atoms with Crippen molar-refractivity contribution in [1.29, 1.82) is 0 Å². The normalized spacial score (nSPS) is 11.7. The number of hydrogen-bond acceptors (Lipinski definition) is 6. The number of esters is 1. The molecule has 2 aromatic heterocycles. The number of thiophene rings is 1. The largest absolute Gasteiger partial charge is 0.456 e. The van der Waals surface area contributed by atoms with E-state index in [9.17, 15) is 22.4 Å². The molecule has 0 radical (unpaired) electrons. The van der Waals surface area contributed by atoms with Gasteiger partial charge in [-0.25, -0.2) is 12.8 Å². The zero-order chi connectivity index (χ0) is 24.2. The van der Waals surface area contributed by atoms with Crippen LogP contribution < -0.4 is 0 Å². The number of sulfonamides is 1. The Kier molecular flexibility index (Phi) is 7.83. The number of aromatic nitrogens is 1. The van der Waals surface area contributed by atoms with Crippen molar-refractivity contribution in [1.82, 2.24) is 8.87 Å². The minimum Gasteiger partial charge on any atom is -0.456 e. The summed E-state index contributed by atoms with van der Waals surface area (Å²) in [4.78, 5) is 25.9. The molecule has 0 unspecified atom stereocenters. The van der Waals surface area contributed by atoms with Crippen LogP contribution in [0.3, 0.4) is 0 Å². The highest BCUT2D eigenvalue weighted by Gasteiger charge is 2.24. The van der Waals surface area contributed by atoms with Gasteiger partial charge in [0.05, 0.1) is 4.90 Å². The van der Waals surface area contributed by atoms with Crippen LogP contribution in [0.4, 0.5) is 4.39 Å². The van der Waals surface area contributed by atoms with E-state index < -0.39 is 35.0 Å². The van der Waals surface area contributed by atoms with Crippen LogP contribution in [0, 0.1) is 19.7 Å². The van der Waals surface area contributed by atoms with E-state index in [0.717, 1.165) is 52.9 Å². The number of carbonyl (C=O) groups is 2. The van der Waals surface area contributed by atoms with Crippen molar-refractivity contribution in [3.8, 4) is 0 Å². The number of carbonyl (C=O) groups excluding carboxylic acids is 2. The Morgan fingerprint density at radius 3 is 2.48 bits per heavy atom. The summed E-state index contributed by atoms with van der Waals surface area (Å²) in [6.45, 7) is 3.43. The second-order valence-electron chi connectivity index (χ2n) is 7.56. The number of benzene rings is 1. The second-order valence-corrected chi connectivity index (χ2v) is 10.6. The average molecular weight is 493 g/mol. The van der Waals surface area contributed by atoms with Gasteiger partial charge in [0.25, 0.3) is 0 Å². The zero-order valence-corrected chi connectivity index (χ0v) is 20.2. The number of Topliss-reactive ketones (excluding diaryl/α,β-unsaturated/α-hetero) is 1. The molecule has 0 saturated carbocycles. The van der Waals surface area contributed by atoms with Crippen molar-refractivity contribution in [2.75, 3.05) is 20.2 Å². The Hall–Kier alpha value is -2.82. The predicted molar refractivity (Wildman–Crippen MR) is 123 cm³/mol. The number of likely N-dealkylation sites (N-methyl/N-ethyl adjacent to an activating group) is 1. The summed E-state index contributed by atoms with van der Waals surface area (Å²) >= 11 is 1.68. The highest BCUT2D eigenvalue weighted by molar-refractivity contribution is 7.89. The number of nitrogens with zero attached hydrogens (tertiary/aromatic N) is 2. The van der Waals surface area contributed by atoms with Crippen molar-refractivity contribution >= 4 is 33.1 Å². The third-order valence-electron chi connectivity index (χ3n) is 5.27. The Labute approximate surface area is 196 Å². The van der Waals surface area contributed by atoms with Crippen molar-refractivity contribution in [3.05, 3.63) is 75.5 Å². The van der Waals surface area contributed by atoms with Crippen LogP contribution in [0.1, 0.15) is 26.6 Å². The molecule has 10 heteroatoms. The smallest absolute Gasteiger partial charge is 0.321 e. The Morgan fingerprint density at radius 1 is 1.15 bits per heavy atom. The summed E-state index contributed by atoms with van der Waals surface area (Å²) < 4.78 is 45.9. The summed E-state index contributed by atoms with van der Waals surface area (Å²) in [6, 6.07) is 10.1. The highest BCUT2D eigenvalue weighted by atomic mass is 32.2. The van der Waals surface area contributed by atoms with Gasteiger partial charge in [-0.2, -0.15) is 4.31 Å². The number of rotatable bonds is 10. The van der Waals surface area contributed by atoms with E-state index in [2.05, 4.69) is 10.6 Å². The lowest BCUT2D eigenvalue weighted by atomic mass is 10.1. The molecule has 3 rings (SSSR count). The number of ketones is 1. The highest BCUT2D eigenvalue weighted by Crippen LogP contribution is 2.19. The molecule has 33 heavy (non-hydrogen) atoms. The van der Waals surface area contributed by atoms with Gasteiger partial charge in [-0.1, -0.05) is 6.07 Å². The maximum absolute atomic E-state index is 13.0. The summed E-state index contributed by atoms with van der Waals surface area (Å²) in [5.74, 6) is -1.79. The van der Waals surface area contributed by atoms with Crippen LogP contribution in [-0.4, -0.2) is 49.2 Å². The molecule has 0 N–H and O–H groups in total. The monoisotopic (exact) mass is 492 g/mol. The molecule has 7 nitrogen and oxygen atoms in total. The van der Waals surface area contributed by atoms with Crippen molar-refractivity contribution in [2.45, 2.75) is 31.7 Å². The molecule has 2 heterocycles. The minimum atomic E-state index is -4.00. The first-order valence-electron chi connectivity index (χ1n) is 10.2. The van der Waals surface area contributed by atoms with Gasteiger partial charge in [-0.3, -0.25) is 9.59 Å². The van der Waals surface area contributed by atoms with Crippen molar-refractivity contribution in [2.24, 2.45) is 0 Å². The van der Waals surface area contributed by atoms with Crippen LogP contribution >= 0.6 is 11.3 Å². The zero-order valence-electron chi connectivity index (χ0n) is 18.6. The molecule has 0 bridgehead atoms. The lowest BCUT2D eigenvalue weighted by molar-refractivity contribution is -0.142. The molecule has 0 aliphatic carbocycles. The van der Waals surface area contributed by atoms with Gasteiger partial charge in [-0.05, 0) is 62.0 Å². The first kappa shape index (κ1) is 24.8. The van der Waals surface area contributed by atoms with E-state index in [4.69, 9.17) is 4.74 Å². The minimum absolute atomic E-state index is 0.148. The van der Waals surface area contributed by atoms with Gasteiger partial charge in [0.2, 0.25) is 15.8 Å². The summed E-state index contributed by atoms with van der Waals surface area (Å²) in [5.41, 5.74) is 2.20. The Morgan fingerprint density at radius 2 is 1.85 bits per heavy atom. The first-order chi connectivity index (χ1) is 15.6. The van der Waals surface area contributed by atoms with Crippen LogP contribution in [-0.2, 0) is 32.5 Å². The molecule has 0 fully saturated rings. The van der Waals surface area contributed by atoms with E-state index in [1.54, 1.807) is 17.4 Å². The molecule has 176 valence electrons. The Balaban J connectivity index is 1.57. The van der Waals surface area contributed by atoms with Gasteiger partial charge in [0, 0.05) is 35.4 Å². The van der Waals surface area contributed by atoms with Crippen LogP contribution in [0.2, 0.25) is 0 Å². The van der Waals surface area contributed by atoms with Gasteiger partial charge in [-0.15, -0.1) is 11.3 Å². The summed E-state index contributed by atoms with van der Waals surface area (Å²) in [6.07, 6.45) is 0.853. The van der Waals surface area contributed by atoms with Crippen molar-refractivity contribution < 1.29 is 27.1 Å². The summed E-state index contributed by atoms with van der Waals surface area (Å²) in [5, 5.41) is 2.02. The van der Waals surface area contributed by atoms with Gasteiger partial charge < -0.3 is 9.30 Å². The molecule has 3 aromatic rings. The molecular weight excluding hydrogens is 467 g/mol. The molecular formula is C23H25FN2O5S2. The van der Waals surface area contributed by atoms with E-state index in [0.29, 0.717) is 5.56 Å². The fourth-order valence-corrected chi connectivity index (χ4v) is 5.24. The van der Waals surface area contributed by atoms with Crippen LogP contribution in [0.5, 0.6) is 0 Å². The quantitative estimate of drug-likeness (QED) is 0.319. The molecule has 0 aliphatic rings. The molecule has 1 aromatic carbocycles. The van der Waals surface area contributed by atoms with E-state index in [-0.39, 0.29) is 10.7 Å². The molecule has 0 aliphatic heterocycles. The summed E-state index contributed by atoms with van der Waals surface area (Å²) in [7, 11) is -2.79. The van der Waals surface area contributed by atoms with E-state index in [1.165, 1.54) is 11.9 Å². The number of halogens is 1. The maximum atomic E-state index is 13.0. The van der Waals surface area contributed by atoms with E-state index >= 15 is 0 Å². The maximum Gasteiger partial charge on any atom is 0.321 e. The third kappa shape index (κ3) is 5.95. The van der Waals surface area contributed by atoms with Crippen LogP contribution in [0.25, 0.3) is 0 Å². The molecule has 0 atom stereocenters. The fourth-order valence-electron chi connectivity index (χ4n) is 3.43. The van der Waals surface area contributed by atoms with Crippen molar-refractivity contribution in [3.63, 3.8) is 0 Å². The predicted octanol–water partition coefficient (Wildman–Crippen LogP) is 3.59. The van der Waals surface area contributed by atoms with E-state index in [1.807, 2.05) is 25.3 Å². The molecule has 0 amide bonds. The number of ether oxygens (including phenoxy) is 1. The SMILES string of the molecule is Cc1cc(C(=O)COC(=O)CN(C)S(=O)(=O)c2ccc(F)cc2)c(C)n1CCc1cccs1. The van der Waals surface area contributed by atoms with Gasteiger partial charge >= 0.3 is 5.97 Å². The lowest BCUT2D eigenvalue weighted by Crippen LogP contribution is -2.33. The number of hydrogen-bond donors (Lipinski definition) is 0.